The second-order valence-electron chi connectivity index (χ2n) is 8.53. The molecule has 26 heavy (non-hydrogen) atoms. The van der Waals surface area contributed by atoms with Gasteiger partial charge in [-0.2, -0.15) is 0 Å². The molecule has 0 nitrogen and oxygen atoms in total. The van der Waals surface area contributed by atoms with Gasteiger partial charge >= 0.3 is 76.2 Å². The van der Waals surface area contributed by atoms with E-state index < -0.39 is 14.1 Å². The van der Waals surface area contributed by atoms with E-state index in [-0.39, 0.29) is 44.0 Å². The van der Waals surface area contributed by atoms with E-state index in [0.717, 1.165) is 17.8 Å². The third-order valence-corrected chi connectivity index (χ3v) is 11.3. The predicted octanol–water partition coefficient (Wildman–Crippen LogP) is 1.21. The molecule has 0 aromatic rings. The van der Waals surface area contributed by atoms with Crippen molar-refractivity contribution in [2.24, 2.45) is 17.8 Å². The fourth-order valence-corrected chi connectivity index (χ4v) is 10.0. The summed E-state index contributed by atoms with van der Waals surface area (Å²) in [6.07, 6.45) is 15.9. The first-order valence-corrected chi connectivity index (χ1v) is 13.9. The minimum absolute atomic E-state index is 0. The Morgan fingerprint density at radius 1 is 0.731 bits per heavy atom. The van der Waals surface area contributed by atoms with Crippen LogP contribution in [0.3, 0.4) is 0 Å². The predicted molar refractivity (Wildman–Crippen MR) is 108 cm³/mol. The second-order valence-corrected chi connectivity index (χ2v) is 14.1. The van der Waals surface area contributed by atoms with Crippen LogP contribution in [-0.2, 0) is 19.2 Å². The zero-order chi connectivity index (χ0) is 17.9. The van der Waals surface area contributed by atoms with Gasteiger partial charge in [0.15, 0.2) is 0 Å². The van der Waals surface area contributed by atoms with E-state index in [0.29, 0.717) is 0 Å². The Kier molecular flexibility index (Phi) is 18.6. The smallest absolute Gasteiger partial charge is 0.262 e. The Balaban J connectivity index is 0. The standard InChI is InChI=1S/2C5H5.3C4H9.Al.2ClH.Ti/c2*1-2-4-5-3-1;3*1-4(2)3;;;;/h2*1-3H,4H2;3*4H,1H2,2-3H3;;2*1H;/q;;;;;;;;+2/p-2. The molecule has 0 amide bonds. The molecular formula is C22H37AlCl2Ti. The van der Waals surface area contributed by atoms with E-state index >= 15 is 0 Å². The Labute approximate surface area is 189 Å². The molecular weight excluding hydrogens is 410 g/mol. The Hall–Kier alpha value is 0.787. The summed E-state index contributed by atoms with van der Waals surface area (Å²) in [5.74, 6) is 2.78. The summed E-state index contributed by atoms with van der Waals surface area (Å²) in [6, 6.07) is 0. The third-order valence-electron chi connectivity index (χ3n) is 4.28. The van der Waals surface area contributed by atoms with Crippen molar-refractivity contribution in [3.05, 3.63) is 44.2 Å². The summed E-state index contributed by atoms with van der Waals surface area (Å²) in [6.45, 7) is 14.3. The average molecular weight is 447 g/mol. The minimum Gasteiger partial charge on any atom is -1.00 e. The summed E-state index contributed by atoms with van der Waals surface area (Å²) in [5, 5.41) is 4.66. The number of hydrogen-bond donors (Lipinski definition) is 0. The Bertz CT molecular complexity index is 425. The van der Waals surface area contributed by atoms with Crippen LogP contribution < -0.4 is 24.8 Å². The maximum absolute atomic E-state index is 2.38. The fraction of sp³-hybridized carbons (Fsp3) is 0.636. The zero-order valence-electron chi connectivity index (χ0n) is 17.6. The molecule has 0 aliphatic heterocycles. The molecule has 0 radical (unpaired) electrons. The Morgan fingerprint density at radius 3 is 1.31 bits per heavy atom. The quantitative estimate of drug-likeness (QED) is 0.491. The molecule has 0 N–H and O–H groups in total. The van der Waals surface area contributed by atoms with Gasteiger partial charge in [-0.25, -0.2) is 0 Å². The summed E-state index contributed by atoms with van der Waals surface area (Å²) in [4.78, 5) is 0. The maximum Gasteiger partial charge on any atom is 0.262 e. The van der Waals surface area contributed by atoms with Gasteiger partial charge in [0.2, 0.25) is 0 Å². The summed E-state index contributed by atoms with van der Waals surface area (Å²) in [7, 11) is 0. The van der Waals surface area contributed by atoms with Gasteiger partial charge in [-0.15, -0.1) is 0 Å². The SMILES string of the molecule is C1=CC[C]([Ti+2][C]2=CC=CC2)=C1.CC(C)[CH2][Al]([CH2]C(C)C)[CH2]C(C)C.[Cl-].[Cl-]. The molecule has 0 bridgehead atoms. The van der Waals surface area contributed by atoms with Gasteiger partial charge in [0.1, 0.15) is 0 Å². The number of allylic oxidation sites excluding steroid dienone is 8. The average Bonchev–Trinajstić information content (AvgIpc) is 3.11. The molecule has 2 aliphatic rings. The van der Waals surface area contributed by atoms with E-state index in [1.165, 1.54) is 12.8 Å². The van der Waals surface area contributed by atoms with E-state index in [9.17, 15) is 0 Å². The first-order chi connectivity index (χ1) is 11.4. The van der Waals surface area contributed by atoms with Crippen molar-refractivity contribution in [3.8, 4) is 0 Å². The van der Waals surface area contributed by atoms with Gasteiger partial charge in [-0.05, 0) is 0 Å². The molecule has 4 heteroatoms. The van der Waals surface area contributed by atoms with E-state index in [2.05, 4.69) is 78.0 Å². The van der Waals surface area contributed by atoms with Crippen LogP contribution in [0.1, 0.15) is 54.4 Å². The van der Waals surface area contributed by atoms with E-state index in [1.807, 2.05) is 0 Å². The molecule has 0 saturated carbocycles. The molecule has 0 atom stereocenters. The van der Waals surface area contributed by atoms with Crippen molar-refractivity contribution >= 4 is 14.1 Å². The van der Waals surface area contributed by atoms with Crippen LogP contribution in [0, 0.1) is 17.8 Å². The van der Waals surface area contributed by atoms with Gasteiger partial charge in [-0.3, -0.25) is 0 Å². The molecule has 0 fully saturated rings. The molecule has 0 unspecified atom stereocenters. The molecule has 146 valence electrons. The summed E-state index contributed by atoms with van der Waals surface area (Å²) >= 11 is -0.324. The molecule has 0 heterocycles. The zero-order valence-corrected chi connectivity index (χ0v) is 21.8. The van der Waals surface area contributed by atoms with Crippen molar-refractivity contribution < 1.29 is 44.0 Å². The van der Waals surface area contributed by atoms with Crippen LogP contribution in [-0.4, -0.2) is 14.1 Å². The summed E-state index contributed by atoms with van der Waals surface area (Å²) in [5.41, 5.74) is 0. The van der Waals surface area contributed by atoms with Crippen LogP contribution in [0.25, 0.3) is 0 Å². The normalized spacial score (nSPS) is 14.3. The topological polar surface area (TPSA) is 0 Å². The minimum atomic E-state index is -0.407. The van der Waals surface area contributed by atoms with Crippen molar-refractivity contribution in [2.75, 3.05) is 0 Å². The van der Waals surface area contributed by atoms with E-state index in [1.54, 1.807) is 23.6 Å². The second kappa shape index (κ2) is 16.7. The van der Waals surface area contributed by atoms with Crippen LogP contribution >= 0.6 is 0 Å². The summed E-state index contributed by atoms with van der Waals surface area (Å²) < 4.78 is 3.36. The van der Waals surface area contributed by atoms with Crippen LogP contribution in [0.4, 0.5) is 0 Å². The van der Waals surface area contributed by atoms with Crippen molar-refractivity contribution in [1.29, 1.82) is 0 Å². The number of halogens is 2. The largest absolute Gasteiger partial charge is 1.00 e. The molecule has 2 aliphatic carbocycles. The fourth-order valence-electron chi connectivity index (χ4n) is 3.57. The van der Waals surface area contributed by atoms with Crippen LogP contribution in [0.5, 0.6) is 0 Å². The molecule has 0 spiro atoms. The van der Waals surface area contributed by atoms with Crippen molar-refractivity contribution in [2.45, 2.75) is 70.2 Å². The van der Waals surface area contributed by atoms with Gasteiger partial charge < -0.3 is 24.8 Å². The van der Waals surface area contributed by atoms with Gasteiger partial charge in [-0.1, -0.05) is 75.1 Å². The molecule has 0 aromatic carbocycles. The number of rotatable bonds is 8. The van der Waals surface area contributed by atoms with Gasteiger partial charge in [0.05, 0.1) is 0 Å². The first kappa shape index (κ1) is 29.0. The monoisotopic (exact) mass is 446 g/mol. The van der Waals surface area contributed by atoms with E-state index in [4.69, 9.17) is 0 Å². The number of hydrogen-bond acceptors (Lipinski definition) is 0. The first-order valence-electron chi connectivity index (χ1n) is 9.85. The molecule has 0 saturated heterocycles. The Morgan fingerprint density at radius 2 is 1.08 bits per heavy atom. The van der Waals surface area contributed by atoms with Crippen molar-refractivity contribution in [1.82, 2.24) is 0 Å². The van der Waals surface area contributed by atoms with Gasteiger partial charge in [0.25, 0.3) is 14.1 Å². The van der Waals surface area contributed by atoms with Crippen LogP contribution in [0.2, 0.25) is 15.8 Å². The van der Waals surface area contributed by atoms with Crippen molar-refractivity contribution in [3.63, 3.8) is 0 Å². The molecule has 2 rings (SSSR count). The van der Waals surface area contributed by atoms with Gasteiger partial charge in [0, 0.05) is 0 Å². The molecule has 0 aromatic heterocycles. The third kappa shape index (κ3) is 14.8. The maximum atomic E-state index is 2.38. The van der Waals surface area contributed by atoms with Crippen LogP contribution in [0.15, 0.2) is 44.2 Å².